The Kier molecular flexibility index (Phi) is 5.69. The van der Waals surface area contributed by atoms with Gasteiger partial charge in [-0.3, -0.25) is 4.79 Å². The lowest BCUT2D eigenvalue weighted by Gasteiger charge is -2.10. The zero-order chi connectivity index (χ0) is 17.8. The monoisotopic (exact) mass is 466 g/mol. The van der Waals surface area contributed by atoms with E-state index >= 15 is 0 Å². The number of carbonyl (C=O) groups is 1. The molecule has 0 saturated heterocycles. The number of hydrogen-bond donors (Lipinski definition) is 0. The minimum atomic E-state index is 0.0344. The van der Waals surface area contributed by atoms with Crippen LogP contribution in [-0.4, -0.2) is 38.9 Å². The molecule has 0 aliphatic carbocycles. The molecule has 0 bridgehead atoms. The first-order valence-corrected chi connectivity index (χ1v) is 9.50. The molecule has 0 atom stereocenters. The van der Waals surface area contributed by atoms with E-state index in [0.29, 0.717) is 16.5 Å². The van der Waals surface area contributed by atoms with Crippen LogP contribution in [0.1, 0.15) is 15.9 Å². The Morgan fingerprint density at radius 3 is 2.72 bits per heavy atom. The first kappa shape index (κ1) is 17.9. The summed E-state index contributed by atoms with van der Waals surface area (Å²) >= 11 is 3.51. The van der Waals surface area contributed by atoms with Crippen molar-refractivity contribution in [2.24, 2.45) is 0 Å². The Balaban J connectivity index is 1.80. The van der Waals surface area contributed by atoms with Crippen LogP contribution in [0.25, 0.3) is 5.69 Å². The molecule has 3 rings (SSSR count). The molecule has 128 valence electrons. The summed E-state index contributed by atoms with van der Waals surface area (Å²) < 4.78 is 8.08. The number of benzene rings is 2. The zero-order valence-electron chi connectivity index (χ0n) is 13.6. The van der Waals surface area contributed by atoms with Crippen molar-refractivity contribution >= 4 is 40.1 Å². The number of nitrogens with zero attached hydrogens (tertiary/aromatic N) is 4. The highest BCUT2D eigenvalue weighted by Crippen LogP contribution is 2.27. The van der Waals surface area contributed by atoms with Gasteiger partial charge in [0.25, 0.3) is 0 Å². The summed E-state index contributed by atoms with van der Waals surface area (Å²) in [5.74, 6) is 0.964. The van der Waals surface area contributed by atoms with Gasteiger partial charge in [0.2, 0.25) is 5.16 Å². The highest BCUT2D eigenvalue weighted by atomic mass is 127. The van der Waals surface area contributed by atoms with Crippen LogP contribution < -0.4 is 4.74 Å². The van der Waals surface area contributed by atoms with Gasteiger partial charge in [-0.25, -0.2) is 0 Å². The van der Waals surface area contributed by atoms with Crippen molar-refractivity contribution in [3.05, 3.63) is 57.2 Å². The van der Waals surface area contributed by atoms with Gasteiger partial charge in [0.15, 0.2) is 5.78 Å². The Labute approximate surface area is 163 Å². The molecule has 0 spiro atoms. The Morgan fingerprint density at radius 1 is 1.24 bits per heavy atom. The smallest absolute Gasteiger partial charge is 0.214 e. The zero-order valence-corrected chi connectivity index (χ0v) is 16.6. The SMILES string of the molecule is COc1ccc(C)cc1-n1nnnc1SCC(=O)c1ccc(I)cc1. The summed E-state index contributed by atoms with van der Waals surface area (Å²) in [5.41, 5.74) is 2.49. The topological polar surface area (TPSA) is 69.9 Å². The van der Waals surface area contributed by atoms with E-state index < -0.39 is 0 Å². The van der Waals surface area contributed by atoms with E-state index in [9.17, 15) is 4.79 Å². The summed E-state index contributed by atoms with van der Waals surface area (Å²) in [6, 6.07) is 13.3. The fourth-order valence-electron chi connectivity index (χ4n) is 2.23. The quantitative estimate of drug-likeness (QED) is 0.315. The van der Waals surface area contributed by atoms with Crippen molar-refractivity contribution in [3.63, 3.8) is 0 Å². The number of methoxy groups -OCH3 is 1. The summed E-state index contributed by atoms with van der Waals surface area (Å²) in [5, 5.41) is 12.4. The van der Waals surface area contributed by atoms with Gasteiger partial charge in [-0.05, 0) is 69.8 Å². The molecule has 8 heteroatoms. The third-order valence-corrected chi connectivity index (χ3v) is 5.14. The molecule has 0 N–H and O–H groups in total. The number of tetrazole rings is 1. The molecule has 0 unspecified atom stereocenters. The summed E-state index contributed by atoms with van der Waals surface area (Å²) in [6.07, 6.45) is 0. The summed E-state index contributed by atoms with van der Waals surface area (Å²) in [7, 11) is 1.60. The van der Waals surface area contributed by atoms with Crippen molar-refractivity contribution in [1.29, 1.82) is 0 Å². The molecular weight excluding hydrogens is 451 g/mol. The number of thioether (sulfide) groups is 1. The highest BCUT2D eigenvalue weighted by molar-refractivity contribution is 14.1. The van der Waals surface area contributed by atoms with Crippen LogP contribution >= 0.6 is 34.4 Å². The van der Waals surface area contributed by atoms with E-state index in [1.54, 1.807) is 11.8 Å². The van der Waals surface area contributed by atoms with Crippen LogP contribution in [0, 0.1) is 10.5 Å². The lowest BCUT2D eigenvalue weighted by Crippen LogP contribution is -2.06. The molecule has 2 aromatic carbocycles. The van der Waals surface area contributed by atoms with Crippen LogP contribution in [0.2, 0.25) is 0 Å². The Morgan fingerprint density at radius 2 is 2.00 bits per heavy atom. The largest absolute Gasteiger partial charge is 0.494 e. The molecule has 3 aromatic rings. The van der Waals surface area contributed by atoms with Gasteiger partial charge >= 0.3 is 0 Å². The third kappa shape index (κ3) is 4.18. The number of carbonyl (C=O) groups excluding carboxylic acids is 1. The van der Waals surface area contributed by atoms with Crippen molar-refractivity contribution in [2.45, 2.75) is 12.1 Å². The summed E-state index contributed by atoms with van der Waals surface area (Å²) in [4.78, 5) is 12.4. The molecule has 0 saturated carbocycles. The minimum Gasteiger partial charge on any atom is -0.494 e. The average Bonchev–Trinajstić information content (AvgIpc) is 3.08. The molecule has 1 heterocycles. The van der Waals surface area contributed by atoms with Crippen molar-refractivity contribution < 1.29 is 9.53 Å². The van der Waals surface area contributed by atoms with E-state index in [1.165, 1.54) is 11.8 Å². The van der Waals surface area contributed by atoms with Gasteiger partial charge in [-0.15, -0.1) is 5.10 Å². The second-order valence-electron chi connectivity index (χ2n) is 5.27. The minimum absolute atomic E-state index is 0.0344. The fourth-order valence-corrected chi connectivity index (χ4v) is 3.37. The van der Waals surface area contributed by atoms with Crippen LogP contribution in [0.5, 0.6) is 5.75 Å². The second-order valence-corrected chi connectivity index (χ2v) is 7.46. The molecule has 0 aliphatic rings. The van der Waals surface area contributed by atoms with E-state index in [-0.39, 0.29) is 11.5 Å². The predicted octanol–water partition coefficient (Wildman–Crippen LogP) is 3.56. The molecule has 1 aromatic heterocycles. The number of aryl methyl sites for hydroxylation is 1. The maximum atomic E-state index is 12.4. The third-order valence-electron chi connectivity index (χ3n) is 3.50. The van der Waals surface area contributed by atoms with Gasteiger partial charge in [0.05, 0.1) is 12.9 Å². The van der Waals surface area contributed by atoms with E-state index in [2.05, 4.69) is 38.1 Å². The highest BCUT2D eigenvalue weighted by Gasteiger charge is 2.15. The molecule has 0 radical (unpaired) electrons. The first-order valence-electron chi connectivity index (χ1n) is 7.43. The Bertz CT molecular complexity index is 896. The normalized spacial score (nSPS) is 10.7. The number of aromatic nitrogens is 4. The predicted molar refractivity (Wildman–Crippen MR) is 105 cm³/mol. The van der Waals surface area contributed by atoms with E-state index in [4.69, 9.17) is 4.74 Å². The van der Waals surface area contributed by atoms with Crippen molar-refractivity contribution in [2.75, 3.05) is 12.9 Å². The van der Waals surface area contributed by atoms with Crippen molar-refractivity contribution in [1.82, 2.24) is 20.2 Å². The number of ether oxygens (including phenoxy) is 1. The molecule has 0 fully saturated rings. The van der Waals surface area contributed by atoms with Crippen LogP contribution in [0.15, 0.2) is 47.6 Å². The van der Waals surface area contributed by atoms with Crippen LogP contribution in [0.3, 0.4) is 0 Å². The van der Waals surface area contributed by atoms with Gasteiger partial charge in [-0.2, -0.15) is 4.68 Å². The maximum Gasteiger partial charge on any atom is 0.214 e. The Hall–Kier alpha value is -1.94. The number of ketones is 1. The van der Waals surface area contributed by atoms with Gasteiger partial charge in [-0.1, -0.05) is 30.0 Å². The number of halogens is 1. The lowest BCUT2D eigenvalue weighted by molar-refractivity contribution is 0.102. The molecule has 0 amide bonds. The van der Waals surface area contributed by atoms with Crippen molar-refractivity contribution in [3.8, 4) is 11.4 Å². The second kappa shape index (κ2) is 7.96. The number of rotatable bonds is 6. The molecule has 0 aliphatic heterocycles. The van der Waals surface area contributed by atoms with E-state index in [1.807, 2.05) is 49.4 Å². The fraction of sp³-hybridized carbons (Fsp3) is 0.176. The first-order chi connectivity index (χ1) is 12.1. The molecular formula is C17H15IN4O2S. The molecule has 6 nitrogen and oxygen atoms in total. The van der Waals surface area contributed by atoms with Gasteiger partial charge in [0, 0.05) is 9.13 Å². The maximum absolute atomic E-state index is 12.4. The lowest BCUT2D eigenvalue weighted by atomic mass is 10.2. The van der Waals surface area contributed by atoms with Gasteiger partial charge in [0.1, 0.15) is 11.4 Å². The summed E-state index contributed by atoms with van der Waals surface area (Å²) in [6.45, 7) is 1.99. The van der Waals surface area contributed by atoms with Crippen LogP contribution in [-0.2, 0) is 0 Å². The number of hydrogen-bond acceptors (Lipinski definition) is 6. The number of Topliss-reactive ketones (excluding diaryl/α,β-unsaturated/α-hetero) is 1. The molecule has 25 heavy (non-hydrogen) atoms. The average molecular weight is 466 g/mol. The van der Waals surface area contributed by atoms with E-state index in [0.717, 1.165) is 14.8 Å². The standard InChI is InChI=1S/C17H15IN4O2S/c1-11-3-8-16(24-2)14(9-11)22-17(19-20-21-22)25-10-15(23)12-4-6-13(18)7-5-12/h3-9H,10H2,1-2H3. The van der Waals surface area contributed by atoms with Crippen LogP contribution in [0.4, 0.5) is 0 Å². The van der Waals surface area contributed by atoms with Gasteiger partial charge < -0.3 is 4.74 Å².